The third-order valence-electron chi connectivity index (χ3n) is 1.89. The van der Waals surface area contributed by atoms with Crippen LogP contribution in [-0.4, -0.2) is 0 Å². The summed E-state index contributed by atoms with van der Waals surface area (Å²) in [6.07, 6.45) is 0. The lowest BCUT2D eigenvalue weighted by molar-refractivity contribution is 0.415. The van der Waals surface area contributed by atoms with Gasteiger partial charge < -0.3 is 3.07 Å². The van der Waals surface area contributed by atoms with Crippen LogP contribution in [0.15, 0.2) is 24.3 Å². The zero-order valence-corrected chi connectivity index (χ0v) is 9.54. The largest absolute Gasteiger partial charge is 0.311 e. The van der Waals surface area contributed by atoms with Crippen molar-refractivity contribution in [3.8, 4) is 0 Å². The minimum atomic E-state index is 0.577. The molecule has 0 saturated heterocycles. The van der Waals surface area contributed by atoms with E-state index in [-0.39, 0.29) is 0 Å². The predicted octanol–water partition coefficient (Wildman–Crippen LogP) is 3.68. The molecule has 0 unspecified atom stereocenters. The average Bonchev–Trinajstić information content (AvgIpc) is 2.05. The molecule has 0 bridgehead atoms. The Morgan fingerprint density at radius 2 is 2.00 bits per heavy atom. The van der Waals surface area contributed by atoms with E-state index in [4.69, 9.17) is 3.07 Å². The van der Waals surface area contributed by atoms with Crippen LogP contribution >= 0.6 is 23.0 Å². The molecule has 66 valence electrons. The van der Waals surface area contributed by atoms with Crippen LogP contribution in [0.1, 0.15) is 30.9 Å². The second-order valence-corrected chi connectivity index (χ2v) is 3.73. The van der Waals surface area contributed by atoms with E-state index in [0.717, 1.165) is 0 Å². The van der Waals surface area contributed by atoms with Gasteiger partial charge in [0.05, 0.1) is 6.61 Å². The third-order valence-corrected chi connectivity index (χ3v) is 2.20. The molecule has 0 saturated carbocycles. The van der Waals surface area contributed by atoms with Gasteiger partial charge in [-0.05, 0) is 17.0 Å². The van der Waals surface area contributed by atoms with Gasteiger partial charge in [0.1, 0.15) is 23.0 Å². The Labute approximate surface area is 87.8 Å². The summed E-state index contributed by atoms with van der Waals surface area (Å²) < 4.78 is 5.09. The van der Waals surface area contributed by atoms with Crippen molar-refractivity contribution in [1.82, 2.24) is 0 Å². The molecular weight excluding hydrogens is 263 g/mol. The van der Waals surface area contributed by atoms with Gasteiger partial charge in [0.25, 0.3) is 0 Å². The first-order chi connectivity index (χ1) is 5.75. The van der Waals surface area contributed by atoms with Crippen molar-refractivity contribution in [1.29, 1.82) is 0 Å². The summed E-state index contributed by atoms with van der Waals surface area (Å²) in [5, 5.41) is 0. The topological polar surface area (TPSA) is 9.23 Å². The Morgan fingerprint density at radius 3 is 2.58 bits per heavy atom. The molecule has 2 heteroatoms. The van der Waals surface area contributed by atoms with Gasteiger partial charge in [-0.15, -0.1) is 0 Å². The summed E-state index contributed by atoms with van der Waals surface area (Å²) in [5.41, 5.74) is 2.68. The molecular formula is C10H13IO. The van der Waals surface area contributed by atoms with Gasteiger partial charge in [0.2, 0.25) is 0 Å². The minimum absolute atomic E-state index is 0.577. The van der Waals surface area contributed by atoms with Crippen molar-refractivity contribution >= 4 is 23.0 Å². The highest BCUT2D eigenvalue weighted by Gasteiger charge is 2.04. The lowest BCUT2D eigenvalue weighted by Gasteiger charge is -2.10. The molecule has 0 aromatic heterocycles. The quantitative estimate of drug-likeness (QED) is 0.765. The predicted molar refractivity (Wildman–Crippen MR) is 59.3 cm³/mol. The van der Waals surface area contributed by atoms with Crippen molar-refractivity contribution in [2.45, 2.75) is 26.4 Å². The fourth-order valence-corrected chi connectivity index (χ4v) is 1.62. The van der Waals surface area contributed by atoms with E-state index in [1.54, 1.807) is 0 Å². The van der Waals surface area contributed by atoms with Crippen LogP contribution in [0.2, 0.25) is 0 Å². The smallest absolute Gasteiger partial charge is 0.110 e. The molecule has 12 heavy (non-hydrogen) atoms. The molecule has 0 aliphatic carbocycles. The highest BCUT2D eigenvalue weighted by atomic mass is 127. The van der Waals surface area contributed by atoms with E-state index in [0.29, 0.717) is 12.5 Å². The highest BCUT2D eigenvalue weighted by molar-refractivity contribution is 14.1. The summed E-state index contributed by atoms with van der Waals surface area (Å²) in [6.45, 7) is 5.10. The monoisotopic (exact) mass is 276 g/mol. The van der Waals surface area contributed by atoms with Gasteiger partial charge in [0, 0.05) is 0 Å². The number of hydrogen-bond donors (Lipinski definition) is 0. The number of benzene rings is 1. The van der Waals surface area contributed by atoms with Crippen molar-refractivity contribution in [2.24, 2.45) is 0 Å². The Balaban J connectivity index is 2.92. The van der Waals surface area contributed by atoms with Gasteiger partial charge in [0.15, 0.2) is 0 Å². The van der Waals surface area contributed by atoms with E-state index in [1.807, 2.05) is 23.0 Å². The van der Waals surface area contributed by atoms with Crippen LogP contribution in [0.4, 0.5) is 0 Å². The van der Waals surface area contributed by atoms with E-state index in [2.05, 4.69) is 38.1 Å². The molecule has 1 aromatic rings. The van der Waals surface area contributed by atoms with Crippen molar-refractivity contribution in [2.75, 3.05) is 0 Å². The van der Waals surface area contributed by atoms with Crippen molar-refractivity contribution < 1.29 is 3.07 Å². The Morgan fingerprint density at radius 1 is 1.33 bits per heavy atom. The van der Waals surface area contributed by atoms with Gasteiger partial charge in [-0.25, -0.2) is 0 Å². The van der Waals surface area contributed by atoms with Crippen molar-refractivity contribution in [3.63, 3.8) is 0 Å². The van der Waals surface area contributed by atoms with E-state index in [9.17, 15) is 0 Å². The molecule has 0 N–H and O–H groups in total. The molecule has 0 aliphatic rings. The molecule has 0 radical (unpaired) electrons. The van der Waals surface area contributed by atoms with E-state index < -0.39 is 0 Å². The first kappa shape index (κ1) is 9.99. The fraction of sp³-hybridized carbons (Fsp3) is 0.400. The maximum Gasteiger partial charge on any atom is 0.110 e. The van der Waals surface area contributed by atoms with Gasteiger partial charge >= 0.3 is 0 Å². The second-order valence-electron chi connectivity index (χ2n) is 3.11. The lowest BCUT2D eigenvalue weighted by Crippen LogP contribution is -1.95. The van der Waals surface area contributed by atoms with Crippen LogP contribution in [0, 0.1) is 0 Å². The highest BCUT2D eigenvalue weighted by Crippen LogP contribution is 2.20. The summed E-state index contributed by atoms with van der Waals surface area (Å²) in [6, 6.07) is 8.41. The zero-order valence-electron chi connectivity index (χ0n) is 7.38. The number of halogens is 1. The normalized spacial score (nSPS) is 10.7. The molecule has 1 nitrogen and oxygen atoms in total. The molecule has 0 atom stereocenters. The van der Waals surface area contributed by atoms with Crippen molar-refractivity contribution in [3.05, 3.63) is 35.4 Å². The van der Waals surface area contributed by atoms with Crippen LogP contribution in [0.3, 0.4) is 0 Å². The molecule has 0 aliphatic heterocycles. The van der Waals surface area contributed by atoms with Gasteiger partial charge in [-0.3, -0.25) is 0 Å². The summed E-state index contributed by atoms with van der Waals surface area (Å²) in [5.74, 6) is 0.577. The summed E-state index contributed by atoms with van der Waals surface area (Å²) in [7, 11) is 0. The maximum atomic E-state index is 5.09. The average molecular weight is 276 g/mol. The van der Waals surface area contributed by atoms with Gasteiger partial charge in [-0.2, -0.15) is 0 Å². The lowest BCUT2D eigenvalue weighted by atomic mass is 9.98. The van der Waals surface area contributed by atoms with Crippen LogP contribution < -0.4 is 0 Å². The maximum absolute atomic E-state index is 5.09. The molecule has 1 aromatic carbocycles. The number of rotatable bonds is 3. The fourth-order valence-electron chi connectivity index (χ4n) is 1.29. The van der Waals surface area contributed by atoms with Crippen LogP contribution in [-0.2, 0) is 9.67 Å². The Hall–Kier alpha value is -0.0900. The van der Waals surface area contributed by atoms with Gasteiger partial charge in [-0.1, -0.05) is 38.1 Å². The summed E-state index contributed by atoms with van der Waals surface area (Å²) >= 11 is 1.93. The standard InChI is InChI=1S/C10H13IO/c1-8(2)10-6-4-3-5-9(10)7-12-11/h3-6,8H,7H2,1-2H3. The van der Waals surface area contributed by atoms with Crippen LogP contribution in [0.5, 0.6) is 0 Å². The van der Waals surface area contributed by atoms with E-state index in [1.165, 1.54) is 11.1 Å². The molecule has 1 rings (SSSR count). The van der Waals surface area contributed by atoms with E-state index >= 15 is 0 Å². The minimum Gasteiger partial charge on any atom is -0.311 e. The second kappa shape index (κ2) is 4.82. The molecule has 0 amide bonds. The first-order valence-corrected chi connectivity index (χ1v) is 4.95. The Kier molecular flexibility index (Phi) is 4.01. The molecule has 0 spiro atoms. The molecule has 0 fully saturated rings. The zero-order chi connectivity index (χ0) is 8.97. The SMILES string of the molecule is CC(C)c1ccccc1COI. The first-order valence-electron chi connectivity index (χ1n) is 4.07. The van der Waals surface area contributed by atoms with Crippen LogP contribution in [0.25, 0.3) is 0 Å². The third kappa shape index (κ3) is 2.45. The molecule has 0 heterocycles. The summed E-state index contributed by atoms with van der Waals surface area (Å²) in [4.78, 5) is 0. The number of hydrogen-bond acceptors (Lipinski definition) is 1. The Bertz CT molecular complexity index is 245.